The second-order valence-electron chi connectivity index (χ2n) is 7.75. The summed E-state index contributed by atoms with van der Waals surface area (Å²) in [6.45, 7) is 6.44. The van der Waals surface area contributed by atoms with E-state index >= 15 is 0 Å². The third-order valence-electron chi connectivity index (χ3n) is 5.56. The van der Waals surface area contributed by atoms with Gasteiger partial charge < -0.3 is 4.57 Å². The molecule has 4 aromatic rings. The minimum atomic E-state index is -0.388. The van der Waals surface area contributed by atoms with Crippen LogP contribution in [0.5, 0.6) is 0 Å². The SMILES string of the molecule is CCc1ccccc1-n1c(C)cc(C=Nc2ccc(Sc3ccc([N+](=O)[O-])cc3)cc2)c1C. The van der Waals surface area contributed by atoms with Crippen molar-refractivity contribution in [1.29, 1.82) is 0 Å². The maximum Gasteiger partial charge on any atom is 0.269 e. The molecule has 0 amide bonds. The highest BCUT2D eigenvalue weighted by Crippen LogP contribution is 2.30. The van der Waals surface area contributed by atoms with Gasteiger partial charge in [-0.25, -0.2) is 0 Å². The first kappa shape index (κ1) is 22.6. The van der Waals surface area contributed by atoms with Gasteiger partial charge in [-0.1, -0.05) is 36.9 Å². The van der Waals surface area contributed by atoms with E-state index in [0.29, 0.717) is 0 Å². The van der Waals surface area contributed by atoms with Crippen molar-refractivity contribution in [3.8, 4) is 5.69 Å². The Morgan fingerprint density at radius 3 is 2.24 bits per heavy atom. The van der Waals surface area contributed by atoms with Gasteiger partial charge in [0.25, 0.3) is 5.69 Å². The van der Waals surface area contributed by atoms with Gasteiger partial charge in [0.1, 0.15) is 0 Å². The van der Waals surface area contributed by atoms with Crippen molar-refractivity contribution in [2.45, 2.75) is 37.0 Å². The summed E-state index contributed by atoms with van der Waals surface area (Å²) in [5.74, 6) is 0. The Labute approximate surface area is 198 Å². The highest BCUT2D eigenvalue weighted by Gasteiger charge is 2.12. The molecule has 0 saturated carbocycles. The molecule has 33 heavy (non-hydrogen) atoms. The molecule has 166 valence electrons. The Hall–Kier alpha value is -3.64. The number of rotatable bonds is 7. The maximum absolute atomic E-state index is 10.8. The highest BCUT2D eigenvalue weighted by molar-refractivity contribution is 7.99. The largest absolute Gasteiger partial charge is 0.318 e. The molecule has 0 aliphatic carbocycles. The van der Waals surface area contributed by atoms with Crippen LogP contribution in [0.4, 0.5) is 11.4 Å². The molecule has 0 saturated heterocycles. The number of nitro groups is 1. The molecule has 1 aromatic heterocycles. The first-order valence-corrected chi connectivity index (χ1v) is 11.6. The molecule has 0 aliphatic heterocycles. The molecular formula is C27H25N3O2S. The number of hydrogen-bond donors (Lipinski definition) is 0. The predicted octanol–water partition coefficient (Wildman–Crippen LogP) is 7.47. The molecule has 0 radical (unpaired) electrons. The molecule has 5 nitrogen and oxygen atoms in total. The number of non-ortho nitro benzene ring substituents is 1. The van der Waals surface area contributed by atoms with E-state index in [1.807, 2.05) is 30.5 Å². The topological polar surface area (TPSA) is 60.4 Å². The molecule has 0 aliphatic rings. The zero-order valence-electron chi connectivity index (χ0n) is 18.9. The van der Waals surface area contributed by atoms with Crippen molar-refractivity contribution in [1.82, 2.24) is 4.57 Å². The highest BCUT2D eigenvalue weighted by atomic mass is 32.2. The Morgan fingerprint density at radius 2 is 1.61 bits per heavy atom. The van der Waals surface area contributed by atoms with Gasteiger partial charge in [0, 0.05) is 50.8 Å². The lowest BCUT2D eigenvalue weighted by Gasteiger charge is -2.13. The number of aliphatic imine (C=N–C) groups is 1. The molecular weight excluding hydrogens is 430 g/mol. The van der Waals surface area contributed by atoms with Gasteiger partial charge in [0.05, 0.1) is 10.6 Å². The molecule has 0 fully saturated rings. The fourth-order valence-corrected chi connectivity index (χ4v) is 4.65. The van der Waals surface area contributed by atoms with E-state index in [1.54, 1.807) is 23.9 Å². The van der Waals surface area contributed by atoms with Crippen LogP contribution >= 0.6 is 11.8 Å². The lowest BCUT2D eigenvalue weighted by Crippen LogP contribution is -2.03. The lowest BCUT2D eigenvalue weighted by atomic mass is 10.1. The normalized spacial score (nSPS) is 11.2. The van der Waals surface area contributed by atoms with Crippen LogP contribution in [0.15, 0.2) is 93.6 Å². The van der Waals surface area contributed by atoms with Crippen LogP contribution in [-0.2, 0) is 6.42 Å². The van der Waals surface area contributed by atoms with Gasteiger partial charge >= 0.3 is 0 Å². The predicted molar refractivity (Wildman–Crippen MR) is 136 cm³/mol. The van der Waals surface area contributed by atoms with Crippen molar-refractivity contribution in [3.05, 3.63) is 111 Å². The zero-order valence-corrected chi connectivity index (χ0v) is 19.7. The number of nitrogens with zero attached hydrogens (tertiary/aromatic N) is 3. The van der Waals surface area contributed by atoms with E-state index in [9.17, 15) is 10.1 Å². The molecule has 0 bridgehead atoms. The minimum Gasteiger partial charge on any atom is -0.318 e. The molecule has 1 heterocycles. The summed E-state index contributed by atoms with van der Waals surface area (Å²) in [4.78, 5) is 17.1. The molecule has 6 heteroatoms. The van der Waals surface area contributed by atoms with Crippen molar-refractivity contribution in [2.24, 2.45) is 4.99 Å². The van der Waals surface area contributed by atoms with Crippen LogP contribution in [0.2, 0.25) is 0 Å². The maximum atomic E-state index is 10.8. The van der Waals surface area contributed by atoms with Crippen molar-refractivity contribution < 1.29 is 4.92 Å². The van der Waals surface area contributed by atoms with E-state index in [4.69, 9.17) is 0 Å². The third kappa shape index (κ3) is 5.07. The molecule has 3 aromatic carbocycles. The average molecular weight is 456 g/mol. The third-order valence-corrected chi connectivity index (χ3v) is 6.57. The van der Waals surface area contributed by atoms with Crippen LogP contribution < -0.4 is 0 Å². The monoisotopic (exact) mass is 455 g/mol. The Bertz CT molecular complexity index is 1310. The van der Waals surface area contributed by atoms with Crippen LogP contribution in [0.3, 0.4) is 0 Å². The summed E-state index contributed by atoms with van der Waals surface area (Å²) in [6.07, 6.45) is 2.91. The molecule has 0 N–H and O–H groups in total. The van der Waals surface area contributed by atoms with Crippen LogP contribution in [0.25, 0.3) is 5.69 Å². The summed E-state index contributed by atoms with van der Waals surface area (Å²) in [7, 11) is 0. The number of aromatic nitrogens is 1. The zero-order chi connectivity index (χ0) is 23.4. The van der Waals surface area contributed by atoms with Crippen molar-refractivity contribution in [3.63, 3.8) is 0 Å². The van der Waals surface area contributed by atoms with Crippen molar-refractivity contribution in [2.75, 3.05) is 0 Å². The fraction of sp³-hybridized carbons (Fsp3) is 0.148. The summed E-state index contributed by atoms with van der Waals surface area (Å²) < 4.78 is 2.30. The van der Waals surface area contributed by atoms with Crippen LogP contribution in [0.1, 0.15) is 29.4 Å². The lowest BCUT2D eigenvalue weighted by molar-refractivity contribution is -0.384. The van der Waals surface area contributed by atoms with Gasteiger partial charge in [-0.15, -0.1) is 0 Å². The molecule has 0 atom stereocenters. The van der Waals surface area contributed by atoms with E-state index in [1.165, 1.54) is 34.8 Å². The van der Waals surface area contributed by atoms with Gasteiger partial charge in [0.2, 0.25) is 0 Å². The second kappa shape index (κ2) is 9.88. The van der Waals surface area contributed by atoms with E-state index in [2.05, 4.69) is 60.7 Å². The fourth-order valence-electron chi connectivity index (χ4n) is 3.83. The quantitative estimate of drug-likeness (QED) is 0.165. The number of hydrogen-bond acceptors (Lipinski definition) is 4. The number of nitro benzene ring substituents is 1. The first-order valence-electron chi connectivity index (χ1n) is 10.8. The first-order chi connectivity index (χ1) is 16.0. The second-order valence-corrected chi connectivity index (χ2v) is 8.90. The molecule has 0 spiro atoms. The Kier molecular flexibility index (Phi) is 6.75. The molecule has 0 unspecified atom stereocenters. The van der Waals surface area contributed by atoms with Gasteiger partial charge in [0.15, 0.2) is 0 Å². The van der Waals surface area contributed by atoms with Gasteiger partial charge in [-0.2, -0.15) is 0 Å². The summed E-state index contributed by atoms with van der Waals surface area (Å²) in [5, 5.41) is 10.8. The van der Waals surface area contributed by atoms with Gasteiger partial charge in [-0.3, -0.25) is 15.1 Å². The van der Waals surface area contributed by atoms with E-state index in [-0.39, 0.29) is 10.6 Å². The molecule has 4 rings (SSSR count). The summed E-state index contributed by atoms with van der Waals surface area (Å²) >= 11 is 1.56. The number of aryl methyl sites for hydroxylation is 2. The minimum absolute atomic E-state index is 0.0987. The van der Waals surface area contributed by atoms with E-state index < -0.39 is 0 Å². The standard InChI is InChI=1S/C27H25N3O2S/c1-4-21-7-5-6-8-27(21)29-19(2)17-22(20(29)3)18-28-23-9-13-25(14-10-23)33-26-15-11-24(12-16-26)30(31)32/h5-18H,4H2,1-3H3. The average Bonchev–Trinajstić information content (AvgIpc) is 3.11. The van der Waals surface area contributed by atoms with Crippen molar-refractivity contribution >= 4 is 29.4 Å². The van der Waals surface area contributed by atoms with Crippen LogP contribution in [0, 0.1) is 24.0 Å². The van der Waals surface area contributed by atoms with Crippen LogP contribution in [-0.4, -0.2) is 15.7 Å². The Morgan fingerprint density at radius 1 is 0.970 bits per heavy atom. The summed E-state index contributed by atoms with van der Waals surface area (Å²) in [5.41, 5.74) is 6.98. The van der Waals surface area contributed by atoms with Gasteiger partial charge in [-0.05, 0) is 74.4 Å². The number of para-hydroxylation sites is 1. The number of benzene rings is 3. The smallest absolute Gasteiger partial charge is 0.269 e. The van der Waals surface area contributed by atoms with E-state index in [0.717, 1.165) is 27.5 Å². The Balaban J connectivity index is 1.50. The summed E-state index contributed by atoms with van der Waals surface area (Å²) in [6, 6.07) is 25.3.